The molecule has 0 amide bonds. The van der Waals surface area contributed by atoms with Crippen molar-refractivity contribution in [1.29, 1.82) is 0 Å². The van der Waals surface area contributed by atoms with Crippen LogP contribution in [0.4, 0.5) is 13.2 Å². The number of hydrogen-bond donors (Lipinski definition) is 2. The topological polar surface area (TPSA) is 65.2 Å². The molecule has 1 aromatic carbocycles. The van der Waals surface area contributed by atoms with E-state index >= 15 is 0 Å². The first kappa shape index (κ1) is 11.1. The van der Waals surface area contributed by atoms with Crippen LogP contribution in [0.1, 0.15) is 5.56 Å². The molecule has 0 fully saturated rings. The van der Waals surface area contributed by atoms with Gasteiger partial charge in [-0.2, -0.15) is 13.2 Å². The Morgan fingerprint density at radius 2 is 1.81 bits per heavy atom. The molecule has 0 saturated heterocycles. The average molecular weight is 230 g/mol. The molecule has 1 aliphatic heterocycles. The normalized spacial score (nSPS) is 17.3. The third-order valence-corrected chi connectivity index (χ3v) is 2.28. The van der Waals surface area contributed by atoms with Gasteiger partial charge in [-0.05, 0) is 5.46 Å². The Kier molecular flexibility index (Phi) is 2.28. The molecule has 4 nitrogen and oxygen atoms in total. The highest BCUT2D eigenvalue weighted by Crippen LogP contribution is 2.51. The second-order valence-electron chi connectivity index (χ2n) is 3.37. The number of nitrogens with zero attached hydrogens (tertiary/aromatic N) is 2. The lowest BCUT2D eigenvalue weighted by Gasteiger charge is -2.15. The highest BCUT2D eigenvalue weighted by molar-refractivity contribution is 6.58. The van der Waals surface area contributed by atoms with Crippen LogP contribution < -0.4 is 5.46 Å². The molecule has 1 aromatic rings. The number of alkyl halides is 3. The summed E-state index contributed by atoms with van der Waals surface area (Å²) in [6.45, 7) is 0. The van der Waals surface area contributed by atoms with Gasteiger partial charge in [-0.3, -0.25) is 0 Å². The number of hydrogen-bond acceptors (Lipinski definition) is 4. The molecule has 84 valence electrons. The van der Waals surface area contributed by atoms with Crippen molar-refractivity contribution in [2.75, 3.05) is 0 Å². The molecule has 0 spiro atoms. The van der Waals surface area contributed by atoms with Crippen molar-refractivity contribution in [2.45, 2.75) is 11.8 Å². The standard InChI is InChI=1S/C8H6BF3N2O2/c10-8(11,12)7(13-14-7)5-2-1-3-6(4-5)9(15)16/h1-4,15-16H. The van der Waals surface area contributed by atoms with Crippen molar-refractivity contribution in [2.24, 2.45) is 10.2 Å². The highest BCUT2D eigenvalue weighted by atomic mass is 19.4. The fraction of sp³-hybridized carbons (Fsp3) is 0.250. The van der Waals surface area contributed by atoms with E-state index in [0.29, 0.717) is 0 Å². The summed E-state index contributed by atoms with van der Waals surface area (Å²) in [7, 11) is -1.82. The monoisotopic (exact) mass is 230 g/mol. The fourth-order valence-electron chi connectivity index (χ4n) is 1.36. The lowest BCUT2D eigenvalue weighted by Crippen LogP contribution is -2.34. The molecule has 1 aliphatic rings. The van der Waals surface area contributed by atoms with Gasteiger partial charge in [0.15, 0.2) is 0 Å². The van der Waals surface area contributed by atoms with Crippen LogP contribution in [0.5, 0.6) is 0 Å². The first-order valence-corrected chi connectivity index (χ1v) is 4.34. The van der Waals surface area contributed by atoms with Crippen molar-refractivity contribution < 1.29 is 23.2 Å². The van der Waals surface area contributed by atoms with Crippen LogP contribution in [0.2, 0.25) is 0 Å². The highest BCUT2D eigenvalue weighted by Gasteiger charge is 2.65. The Hall–Kier alpha value is -1.41. The number of benzene rings is 1. The van der Waals surface area contributed by atoms with E-state index in [0.717, 1.165) is 6.07 Å². The zero-order valence-electron chi connectivity index (χ0n) is 7.81. The average Bonchev–Trinajstić information content (AvgIpc) is 2.97. The van der Waals surface area contributed by atoms with E-state index in [1.165, 1.54) is 18.2 Å². The Morgan fingerprint density at radius 3 is 2.25 bits per heavy atom. The fourth-order valence-corrected chi connectivity index (χ4v) is 1.36. The Balaban J connectivity index is 2.39. The lowest BCUT2D eigenvalue weighted by molar-refractivity contribution is -0.166. The predicted molar refractivity (Wildman–Crippen MR) is 48.9 cm³/mol. The van der Waals surface area contributed by atoms with Crippen LogP contribution in [-0.4, -0.2) is 23.3 Å². The van der Waals surface area contributed by atoms with Gasteiger partial charge in [0, 0.05) is 5.56 Å². The van der Waals surface area contributed by atoms with Crippen LogP contribution in [0.3, 0.4) is 0 Å². The van der Waals surface area contributed by atoms with E-state index in [9.17, 15) is 13.2 Å². The van der Waals surface area contributed by atoms with Gasteiger partial charge in [0.05, 0.1) is 0 Å². The summed E-state index contributed by atoms with van der Waals surface area (Å²) < 4.78 is 37.8. The molecule has 0 unspecified atom stereocenters. The maximum absolute atomic E-state index is 12.6. The molecule has 0 bridgehead atoms. The third kappa shape index (κ3) is 1.59. The van der Waals surface area contributed by atoms with Crippen LogP contribution >= 0.6 is 0 Å². The van der Waals surface area contributed by atoms with Gasteiger partial charge < -0.3 is 10.0 Å². The van der Waals surface area contributed by atoms with E-state index in [-0.39, 0.29) is 11.0 Å². The molecule has 0 aromatic heterocycles. The Bertz CT molecular complexity index is 441. The zero-order chi connectivity index (χ0) is 12.0. The summed E-state index contributed by atoms with van der Waals surface area (Å²) in [5.74, 6) is 0. The van der Waals surface area contributed by atoms with Crippen molar-refractivity contribution >= 4 is 12.6 Å². The van der Waals surface area contributed by atoms with Crippen LogP contribution in [-0.2, 0) is 5.66 Å². The first-order valence-electron chi connectivity index (χ1n) is 4.34. The Morgan fingerprint density at radius 1 is 1.19 bits per heavy atom. The van der Waals surface area contributed by atoms with E-state index in [2.05, 4.69) is 10.2 Å². The van der Waals surface area contributed by atoms with Gasteiger partial charge in [0.1, 0.15) is 0 Å². The maximum Gasteiger partial charge on any atom is 0.488 e. The van der Waals surface area contributed by atoms with Crippen LogP contribution in [0.15, 0.2) is 34.5 Å². The predicted octanol–water partition coefficient (Wildman–Crippen LogP) is 0.547. The minimum absolute atomic E-state index is 0.0292. The smallest absolute Gasteiger partial charge is 0.423 e. The maximum atomic E-state index is 12.6. The number of halogens is 3. The van der Waals surface area contributed by atoms with Gasteiger partial charge in [-0.1, -0.05) is 24.3 Å². The van der Waals surface area contributed by atoms with Crippen LogP contribution in [0, 0.1) is 0 Å². The summed E-state index contributed by atoms with van der Waals surface area (Å²) in [5.41, 5.74) is -2.76. The largest absolute Gasteiger partial charge is 0.488 e. The Labute approximate surface area is 88.6 Å². The molecule has 2 rings (SSSR count). The first-order chi connectivity index (χ1) is 7.37. The van der Waals surface area contributed by atoms with E-state index < -0.39 is 19.0 Å². The van der Waals surface area contributed by atoms with Gasteiger partial charge >= 0.3 is 19.0 Å². The van der Waals surface area contributed by atoms with E-state index in [4.69, 9.17) is 10.0 Å². The third-order valence-electron chi connectivity index (χ3n) is 2.28. The van der Waals surface area contributed by atoms with Crippen LogP contribution in [0.25, 0.3) is 0 Å². The van der Waals surface area contributed by atoms with Crippen molar-refractivity contribution in [3.8, 4) is 0 Å². The molecule has 0 radical (unpaired) electrons. The van der Waals surface area contributed by atoms with Gasteiger partial charge in [-0.15, -0.1) is 10.2 Å². The summed E-state index contributed by atoms with van der Waals surface area (Å²) in [4.78, 5) is 0. The molecular formula is C8H6BF3N2O2. The second kappa shape index (κ2) is 3.29. The molecule has 8 heteroatoms. The summed E-state index contributed by atoms with van der Waals surface area (Å²) in [6.07, 6.45) is -4.61. The SMILES string of the molecule is OB(O)c1cccc(C2(C(F)(F)F)N=N2)c1. The molecule has 0 aliphatic carbocycles. The zero-order valence-corrected chi connectivity index (χ0v) is 7.81. The summed E-state index contributed by atoms with van der Waals surface area (Å²) >= 11 is 0. The van der Waals surface area contributed by atoms with E-state index in [1.54, 1.807) is 0 Å². The molecule has 2 N–H and O–H groups in total. The van der Waals surface area contributed by atoms with Crippen molar-refractivity contribution in [3.05, 3.63) is 29.8 Å². The second-order valence-corrected chi connectivity index (χ2v) is 3.37. The summed E-state index contributed by atoms with van der Waals surface area (Å²) in [6, 6.07) is 4.82. The van der Waals surface area contributed by atoms with Gasteiger partial charge in [0.25, 0.3) is 0 Å². The number of rotatable bonds is 2. The minimum atomic E-state index is -4.61. The van der Waals surface area contributed by atoms with Gasteiger partial charge in [0.2, 0.25) is 0 Å². The molecule has 0 atom stereocenters. The summed E-state index contributed by atoms with van der Waals surface area (Å²) in [5, 5.41) is 23.7. The minimum Gasteiger partial charge on any atom is -0.423 e. The van der Waals surface area contributed by atoms with Crippen molar-refractivity contribution in [1.82, 2.24) is 0 Å². The lowest BCUT2D eigenvalue weighted by atomic mass is 9.79. The molecule has 1 heterocycles. The molecular weight excluding hydrogens is 224 g/mol. The van der Waals surface area contributed by atoms with E-state index in [1.807, 2.05) is 0 Å². The molecule has 0 saturated carbocycles. The van der Waals surface area contributed by atoms with Crippen molar-refractivity contribution in [3.63, 3.8) is 0 Å². The molecule has 16 heavy (non-hydrogen) atoms. The quantitative estimate of drug-likeness (QED) is 0.728. The van der Waals surface area contributed by atoms with Gasteiger partial charge in [-0.25, -0.2) is 0 Å².